The van der Waals surface area contributed by atoms with E-state index in [2.05, 4.69) is 49.3 Å². The van der Waals surface area contributed by atoms with Crippen molar-refractivity contribution in [2.24, 2.45) is 0 Å². The van der Waals surface area contributed by atoms with Crippen molar-refractivity contribution in [3.05, 3.63) is 94.5 Å². The first-order valence-electron chi connectivity index (χ1n) is 9.37. The van der Waals surface area contributed by atoms with Crippen LogP contribution in [0.4, 0.5) is 0 Å². The molecule has 0 aliphatic heterocycles. The molecule has 0 spiro atoms. The van der Waals surface area contributed by atoms with E-state index in [0.717, 1.165) is 34.2 Å². The Bertz CT molecular complexity index is 1110. The predicted molar refractivity (Wildman–Crippen MR) is 116 cm³/mol. The average Bonchev–Trinajstić information content (AvgIpc) is 2.99. The molecule has 0 saturated carbocycles. The van der Waals surface area contributed by atoms with Crippen LogP contribution in [0, 0.1) is 5.41 Å². The van der Waals surface area contributed by atoms with E-state index >= 15 is 0 Å². The van der Waals surface area contributed by atoms with Gasteiger partial charge >= 0.3 is 0 Å². The van der Waals surface area contributed by atoms with Gasteiger partial charge in [0.15, 0.2) is 0 Å². The molecule has 1 aromatic heterocycles. The summed E-state index contributed by atoms with van der Waals surface area (Å²) in [4.78, 5) is 0. The lowest BCUT2D eigenvalue weighted by Crippen LogP contribution is -2.25. The summed E-state index contributed by atoms with van der Waals surface area (Å²) in [7, 11) is 0. The summed E-state index contributed by atoms with van der Waals surface area (Å²) in [6, 6.07) is 26.4. The molecule has 142 valence electrons. The highest BCUT2D eigenvalue weighted by atomic mass is 79.9. The van der Waals surface area contributed by atoms with Gasteiger partial charge in [-0.1, -0.05) is 58.4 Å². The van der Waals surface area contributed by atoms with Gasteiger partial charge < -0.3 is 13.9 Å². The summed E-state index contributed by atoms with van der Waals surface area (Å²) in [5.74, 6) is 0.885. The molecule has 0 aliphatic rings. The van der Waals surface area contributed by atoms with Gasteiger partial charge in [-0.15, -0.1) is 0 Å². The fourth-order valence-corrected chi connectivity index (χ4v) is 3.65. The summed E-state index contributed by atoms with van der Waals surface area (Å²) < 4.78 is 11.0. The lowest BCUT2D eigenvalue weighted by molar-refractivity contribution is 0.301. The molecule has 0 bridgehead atoms. The first kappa shape index (κ1) is 18.6. The number of hydrogen-bond donors (Lipinski definition) is 1. The second-order valence-corrected chi connectivity index (χ2v) is 7.61. The van der Waals surface area contributed by atoms with Gasteiger partial charge in [-0.25, -0.2) is 0 Å². The number of imidazole rings is 1. The molecule has 4 rings (SSSR count). The molecule has 0 saturated heterocycles. The van der Waals surface area contributed by atoms with Crippen LogP contribution in [0.2, 0.25) is 0 Å². The van der Waals surface area contributed by atoms with Crippen molar-refractivity contribution in [2.45, 2.75) is 19.5 Å². The largest absolute Gasteiger partial charge is 0.494 e. The van der Waals surface area contributed by atoms with Gasteiger partial charge in [0.25, 0.3) is 0 Å². The van der Waals surface area contributed by atoms with Crippen LogP contribution in [-0.2, 0) is 13.1 Å². The Morgan fingerprint density at radius 2 is 1.43 bits per heavy atom. The maximum absolute atomic E-state index is 8.74. The van der Waals surface area contributed by atoms with Crippen LogP contribution in [-0.4, -0.2) is 15.7 Å². The summed E-state index contributed by atoms with van der Waals surface area (Å²) >= 11 is 3.48. The molecular formula is C23H22BrN3O. The zero-order chi connectivity index (χ0) is 19.3. The van der Waals surface area contributed by atoms with Crippen LogP contribution in [0.25, 0.3) is 11.0 Å². The lowest BCUT2D eigenvalue weighted by Gasteiger charge is -2.07. The molecule has 0 atom stereocenters. The zero-order valence-electron chi connectivity index (χ0n) is 15.5. The Labute approximate surface area is 172 Å². The number of fused-ring (bicyclic) bond motifs is 1. The highest BCUT2D eigenvalue weighted by Gasteiger charge is 2.11. The zero-order valence-corrected chi connectivity index (χ0v) is 17.1. The molecule has 0 radical (unpaired) electrons. The smallest absolute Gasteiger partial charge is 0.203 e. The fourth-order valence-electron chi connectivity index (χ4n) is 3.38. The van der Waals surface area contributed by atoms with E-state index in [1.165, 1.54) is 5.56 Å². The minimum absolute atomic E-state index is 0.517. The van der Waals surface area contributed by atoms with E-state index in [1.807, 2.05) is 54.6 Å². The molecule has 28 heavy (non-hydrogen) atoms. The normalized spacial score (nSPS) is 11.0. The number of aryl methyl sites for hydroxylation is 1. The van der Waals surface area contributed by atoms with Gasteiger partial charge in [0.1, 0.15) is 5.75 Å². The third-order valence-corrected chi connectivity index (χ3v) is 5.30. The molecule has 0 amide bonds. The van der Waals surface area contributed by atoms with E-state index in [0.29, 0.717) is 18.8 Å². The van der Waals surface area contributed by atoms with E-state index in [-0.39, 0.29) is 0 Å². The molecule has 1 N–H and O–H groups in total. The Morgan fingerprint density at radius 1 is 0.786 bits per heavy atom. The molecule has 1 heterocycles. The predicted octanol–water partition coefficient (Wildman–Crippen LogP) is 5.20. The average molecular weight is 436 g/mol. The third kappa shape index (κ3) is 4.04. The number of hydrogen-bond acceptors (Lipinski definition) is 2. The van der Waals surface area contributed by atoms with Crippen molar-refractivity contribution >= 4 is 27.0 Å². The van der Waals surface area contributed by atoms with Crippen LogP contribution < -0.4 is 10.4 Å². The van der Waals surface area contributed by atoms with Crippen LogP contribution in [0.1, 0.15) is 12.0 Å². The Morgan fingerprint density at radius 3 is 2.14 bits per heavy atom. The van der Waals surface area contributed by atoms with Crippen molar-refractivity contribution in [3.63, 3.8) is 0 Å². The first-order chi connectivity index (χ1) is 13.7. The quantitative estimate of drug-likeness (QED) is 0.398. The molecule has 3 aromatic carbocycles. The second-order valence-electron chi connectivity index (χ2n) is 6.69. The van der Waals surface area contributed by atoms with Gasteiger partial charge in [0.05, 0.1) is 24.2 Å². The number of para-hydroxylation sites is 3. The van der Waals surface area contributed by atoms with Crippen molar-refractivity contribution in [1.29, 1.82) is 5.41 Å². The summed E-state index contributed by atoms with van der Waals surface area (Å²) in [6.45, 7) is 2.06. The summed E-state index contributed by atoms with van der Waals surface area (Å²) in [6.07, 6.45) is 0.845. The SMILES string of the molecule is N=c1n(CCCOc2ccccc2)c2ccccc2n1Cc1ccc(Br)cc1. The van der Waals surface area contributed by atoms with Gasteiger partial charge in [0, 0.05) is 11.0 Å². The van der Waals surface area contributed by atoms with Gasteiger partial charge in [-0.05, 0) is 48.4 Å². The van der Waals surface area contributed by atoms with Crippen molar-refractivity contribution in [2.75, 3.05) is 6.61 Å². The lowest BCUT2D eigenvalue weighted by atomic mass is 10.2. The number of benzene rings is 3. The van der Waals surface area contributed by atoms with E-state index in [9.17, 15) is 0 Å². The van der Waals surface area contributed by atoms with E-state index in [1.54, 1.807) is 0 Å². The number of nitrogens with zero attached hydrogens (tertiary/aromatic N) is 2. The molecular weight excluding hydrogens is 414 g/mol. The number of halogens is 1. The van der Waals surface area contributed by atoms with Crippen molar-refractivity contribution in [3.8, 4) is 5.75 Å². The molecule has 5 heteroatoms. The fraction of sp³-hybridized carbons (Fsp3) is 0.174. The Kier molecular flexibility index (Phi) is 5.63. The maximum Gasteiger partial charge on any atom is 0.203 e. The van der Waals surface area contributed by atoms with E-state index < -0.39 is 0 Å². The topological polar surface area (TPSA) is 42.9 Å². The Balaban J connectivity index is 1.54. The highest BCUT2D eigenvalue weighted by molar-refractivity contribution is 9.10. The van der Waals surface area contributed by atoms with Crippen molar-refractivity contribution < 1.29 is 4.74 Å². The first-order valence-corrected chi connectivity index (χ1v) is 10.2. The van der Waals surface area contributed by atoms with Crippen LogP contribution in [0.3, 0.4) is 0 Å². The number of rotatable bonds is 7. The van der Waals surface area contributed by atoms with Crippen LogP contribution >= 0.6 is 15.9 Å². The minimum atomic E-state index is 0.517. The number of nitrogens with one attached hydrogen (secondary N) is 1. The highest BCUT2D eigenvalue weighted by Crippen LogP contribution is 2.17. The number of aromatic nitrogens is 2. The van der Waals surface area contributed by atoms with Crippen molar-refractivity contribution in [1.82, 2.24) is 9.13 Å². The van der Waals surface area contributed by atoms with Gasteiger partial charge in [-0.3, -0.25) is 5.41 Å². The summed E-state index contributed by atoms with van der Waals surface area (Å²) in [5.41, 5.74) is 3.87. The van der Waals surface area contributed by atoms with Gasteiger partial charge in [0.2, 0.25) is 5.62 Å². The Hall–Kier alpha value is -2.79. The third-order valence-electron chi connectivity index (χ3n) is 4.77. The molecule has 4 aromatic rings. The minimum Gasteiger partial charge on any atom is -0.494 e. The molecule has 0 aliphatic carbocycles. The summed E-state index contributed by atoms with van der Waals surface area (Å²) in [5, 5.41) is 8.74. The van der Waals surface area contributed by atoms with Crippen LogP contribution in [0.15, 0.2) is 83.3 Å². The van der Waals surface area contributed by atoms with E-state index in [4.69, 9.17) is 10.1 Å². The van der Waals surface area contributed by atoms with Crippen LogP contribution in [0.5, 0.6) is 5.75 Å². The standard InChI is InChI=1S/C23H22BrN3O/c24-19-13-11-18(12-14-19)17-27-22-10-5-4-9-21(22)26(23(27)25)15-6-16-28-20-7-2-1-3-8-20/h1-5,7-14,25H,6,15-17H2. The maximum atomic E-state index is 8.74. The molecule has 0 fully saturated rings. The second kappa shape index (κ2) is 8.48. The molecule has 4 nitrogen and oxygen atoms in total. The van der Waals surface area contributed by atoms with Gasteiger partial charge in [-0.2, -0.15) is 0 Å². The molecule has 0 unspecified atom stereocenters. The number of ether oxygens (including phenoxy) is 1. The monoisotopic (exact) mass is 435 g/mol.